The lowest BCUT2D eigenvalue weighted by Crippen LogP contribution is -2.14. The van der Waals surface area contributed by atoms with E-state index in [2.05, 4.69) is 0 Å². The molecule has 0 aromatic heterocycles. The largest absolute Gasteiger partial charge is 0.388 e. The van der Waals surface area contributed by atoms with E-state index in [0.29, 0.717) is 12.0 Å². The first kappa shape index (κ1) is 12.4. The summed E-state index contributed by atoms with van der Waals surface area (Å²) < 4.78 is 48.0. The molecule has 94 valence electrons. The Morgan fingerprint density at radius 2 is 2.06 bits per heavy atom. The predicted molar refractivity (Wildman–Crippen MR) is 57.6 cm³/mol. The number of aliphatic hydroxyl groups excluding tert-OH is 1. The third-order valence-electron chi connectivity index (χ3n) is 3.08. The summed E-state index contributed by atoms with van der Waals surface area (Å²) in [7, 11) is -4.65. The Morgan fingerprint density at radius 3 is 2.65 bits per heavy atom. The van der Waals surface area contributed by atoms with E-state index in [4.69, 9.17) is 0 Å². The number of aliphatic hydroxyl groups is 1. The summed E-state index contributed by atoms with van der Waals surface area (Å²) in [6.07, 6.45) is -0.616. The highest BCUT2D eigenvalue weighted by atomic mass is 32.2. The molecule has 1 aromatic carbocycles. The molecular weight excluding hydrogens is 250 g/mol. The van der Waals surface area contributed by atoms with Gasteiger partial charge in [0.1, 0.15) is 0 Å². The summed E-state index contributed by atoms with van der Waals surface area (Å²) in [5, 5.41) is 9.77. The molecule has 1 aromatic rings. The predicted octanol–water partition coefficient (Wildman–Crippen LogP) is 2.22. The smallest absolute Gasteiger partial charge is 0.341 e. The van der Waals surface area contributed by atoms with Crippen LogP contribution in [0.15, 0.2) is 23.1 Å². The topological polar surface area (TPSA) is 54.4 Å². The van der Waals surface area contributed by atoms with Gasteiger partial charge in [-0.1, -0.05) is 19.1 Å². The van der Waals surface area contributed by atoms with Crippen LogP contribution in [0.3, 0.4) is 0 Å². The van der Waals surface area contributed by atoms with Gasteiger partial charge in [-0.3, -0.25) is 0 Å². The van der Waals surface area contributed by atoms with Crippen LogP contribution in [0, 0.1) is 0 Å². The Hall–Kier alpha value is -1.01. The summed E-state index contributed by atoms with van der Waals surface area (Å²) in [6, 6.07) is 4.23. The van der Waals surface area contributed by atoms with Gasteiger partial charge in [0.05, 0.1) is 11.0 Å². The molecule has 0 saturated heterocycles. The van der Waals surface area contributed by atoms with E-state index in [1.54, 1.807) is 6.07 Å². The number of fused-ring (bicyclic) bond motifs is 1. The fraction of sp³-hybridized carbons (Fsp3) is 0.455. The van der Waals surface area contributed by atoms with Crippen LogP contribution >= 0.6 is 0 Å². The summed E-state index contributed by atoms with van der Waals surface area (Å²) in [5.74, 6) is -3.48. The molecule has 17 heavy (non-hydrogen) atoms. The zero-order chi connectivity index (χ0) is 12.8. The van der Waals surface area contributed by atoms with Gasteiger partial charge in [-0.05, 0) is 24.0 Å². The van der Waals surface area contributed by atoms with Gasteiger partial charge in [0, 0.05) is 5.56 Å². The molecule has 3 nitrogen and oxygen atoms in total. The molecule has 0 heterocycles. The molecule has 0 bridgehead atoms. The Morgan fingerprint density at radius 1 is 1.41 bits per heavy atom. The lowest BCUT2D eigenvalue weighted by atomic mass is 10.0. The average molecular weight is 262 g/mol. The van der Waals surface area contributed by atoms with Crippen LogP contribution in [0.2, 0.25) is 0 Å². The molecule has 0 aliphatic heterocycles. The minimum absolute atomic E-state index is 0.0205. The molecule has 6 heteroatoms. The molecule has 2 atom stereocenters. The Labute approximate surface area is 98.0 Å². The molecule has 1 aliphatic carbocycles. The summed E-state index contributed by atoms with van der Waals surface area (Å²) in [5.41, 5.74) is 0.777. The molecule has 1 N–H and O–H groups in total. The average Bonchev–Trinajstić information content (AvgIpc) is 2.54. The van der Waals surface area contributed by atoms with Crippen molar-refractivity contribution in [1.29, 1.82) is 0 Å². The van der Waals surface area contributed by atoms with Gasteiger partial charge in [0.25, 0.3) is 0 Å². The molecule has 0 amide bonds. The van der Waals surface area contributed by atoms with E-state index in [9.17, 15) is 22.3 Å². The van der Waals surface area contributed by atoms with Gasteiger partial charge in [0.15, 0.2) is 0 Å². The highest BCUT2D eigenvalue weighted by Crippen LogP contribution is 2.43. The van der Waals surface area contributed by atoms with Crippen LogP contribution in [0.1, 0.15) is 36.5 Å². The Balaban J connectivity index is 2.67. The highest BCUT2D eigenvalue weighted by molar-refractivity contribution is 7.91. The third-order valence-corrected chi connectivity index (χ3v) is 4.52. The van der Waals surface area contributed by atoms with Crippen LogP contribution < -0.4 is 0 Å². The zero-order valence-electron chi connectivity index (χ0n) is 9.10. The van der Waals surface area contributed by atoms with Crippen LogP contribution in [0.4, 0.5) is 8.78 Å². The second kappa shape index (κ2) is 4.03. The lowest BCUT2D eigenvalue weighted by molar-refractivity contribution is 0.171. The monoisotopic (exact) mass is 262 g/mol. The van der Waals surface area contributed by atoms with Crippen molar-refractivity contribution in [2.45, 2.75) is 36.0 Å². The van der Waals surface area contributed by atoms with Gasteiger partial charge in [0.2, 0.25) is 9.84 Å². The van der Waals surface area contributed by atoms with Crippen molar-refractivity contribution in [3.8, 4) is 0 Å². The quantitative estimate of drug-likeness (QED) is 0.889. The van der Waals surface area contributed by atoms with Crippen molar-refractivity contribution in [2.75, 3.05) is 0 Å². The van der Waals surface area contributed by atoms with Gasteiger partial charge >= 0.3 is 5.76 Å². The Kier molecular flexibility index (Phi) is 2.95. The van der Waals surface area contributed by atoms with Crippen molar-refractivity contribution in [2.24, 2.45) is 0 Å². The number of hydrogen-bond acceptors (Lipinski definition) is 3. The number of benzene rings is 1. The molecule has 2 rings (SSSR count). The third kappa shape index (κ3) is 1.85. The maximum absolute atomic E-state index is 12.5. The van der Waals surface area contributed by atoms with Crippen LogP contribution in [0.25, 0.3) is 0 Å². The standard InChI is InChI=1S/C11H12F2O3S/c1-6-5-8(14)10-7(6)3-2-4-9(10)17(15,16)11(12)13/h2-4,6,8,11,14H,5H2,1H3. The van der Waals surface area contributed by atoms with E-state index in [1.807, 2.05) is 6.92 Å². The molecule has 1 aliphatic rings. The van der Waals surface area contributed by atoms with E-state index in [1.165, 1.54) is 6.07 Å². The molecule has 0 saturated carbocycles. The lowest BCUT2D eigenvalue weighted by Gasteiger charge is -2.11. The number of sulfone groups is 1. The highest BCUT2D eigenvalue weighted by Gasteiger charge is 2.36. The van der Waals surface area contributed by atoms with E-state index < -0.39 is 26.6 Å². The maximum Gasteiger partial charge on any atom is 0.341 e. The zero-order valence-corrected chi connectivity index (χ0v) is 9.92. The number of rotatable bonds is 2. The summed E-state index contributed by atoms with van der Waals surface area (Å²) >= 11 is 0. The number of halogens is 2. The first-order chi connectivity index (χ1) is 7.85. The molecule has 2 unspecified atom stereocenters. The maximum atomic E-state index is 12.5. The van der Waals surface area contributed by atoms with Gasteiger partial charge in [-0.25, -0.2) is 8.42 Å². The van der Waals surface area contributed by atoms with Crippen molar-refractivity contribution in [3.63, 3.8) is 0 Å². The van der Waals surface area contributed by atoms with Crippen molar-refractivity contribution >= 4 is 9.84 Å². The van der Waals surface area contributed by atoms with Crippen LogP contribution in [0.5, 0.6) is 0 Å². The minimum atomic E-state index is -4.65. The van der Waals surface area contributed by atoms with Crippen molar-refractivity contribution in [1.82, 2.24) is 0 Å². The van der Waals surface area contributed by atoms with E-state index in [-0.39, 0.29) is 11.5 Å². The fourth-order valence-corrected chi connectivity index (χ4v) is 3.29. The van der Waals surface area contributed by atoms with Crippen LogP contribution in [-0.2, 0) is 9.84 Å². The van der Waals surface area contributed by atoms with Crippen molar-refractivity contribution in [3.05, 3.63) is 29.3 Å². The second-order valence-electron chi connectivity index (χ2n) is 4.22. The summed E-state index contributed by atoms with van der Waals surface area (Å²) in [6.45, 7) is 1.83. The van der Waals surface area contributed by atoms with Crippen LogP contribution in [-0.4, -0.2) is 19.3 Å². The molecule has 0 radical (unpaired) electrons. The Bertz CT molecular complexity index is 540. The van der Waals surface area contributed by atoms with E-state index in [0.717, 1.165) is 6.07 Å². The molecular formula is C11H12F2O3S. The fourth-order valence-electron chi connectivity index (χ4n) is 2.27. The normalized spacial score (nSPS) is 24.1. The number of alkyl halides is 2. The number of hydrogen-bond donors (Lipinski definition) is 1. The van der Waals surface area contributed by atoms with Gasteiger partial charge < -0.3 is 5.11 Å². The minimum Gasteiger partial charge on any atom is -0.388 e. The SMILES string of the molecule is CC1CC(O)c2c1cccc2S(=O)(=O)C(F)F. The summed E-state index contributed by atoms with van der Waals surface area (Å²) in [4.78, 5) is -0.443. The van der Waals surface area contributed by atoms with Gasteiger partial charge in [-0.2, -0.15) is 8.78 Å². The first-order valence-electron chi connectivity index (χ1n) is 5.18. The van der Waals surface area contributed by atoms with Crippen molar-refractivity contribution < 1.29 is 22.3 Å². The first-order valence-corrected chi connectivity index (χ1v) is 6.73. The van der Waals surface area contributed by atoms with E-state index >= 15 is 0 Å². The molecule has 0 fully saturated rings. The van der Waals surface area contributed by atoms with Gasteiger partial charge in [-0.15, -0.1) is 0 Å². The second-order valence-corrected chi connectivity index (χ2v) is 6.10. The molecule has 0 spiro atoms.